The van der Waals surface area contributed by atoms with Gasteiger partial charge in [0.2, 0.25) is 5.91 Å². The number of ketones is 2. The van der Waals surface area contributed by atoms with E-state index in [1.807, 2.05) is 0 Å². The van der Waals surface area contributed by atoms with Crippen molar-refractivity contribution in [2.75, 3.05) is 6.54 Å². The fraction of sp³-hybridized carbons (Fsp3) is 0.800. The van der Waals surface area contributed by atoms with Gasteiger partial charge in [0.25, 0.3) is 0 Å². The second-order valence-corrected chi connectivity index (χ2v) is 6.47. The molecule has 1 aliphatic rings. The molecule has 3 atom stereocenters. The monoisotopic (exact) mass is 297 g/mol. The Balaban J connectivity index is 3.31. The van der Waals surface area contributed by atoms with Gasteiger partial charge in [-0.05, 0) is 31.2 Å². The van der Waals surface area contributed by atoms with Gasteiger partial charge in [-0.1, -0.05) is 27.7 Å². The molecule has 6 nitrogen and oxygen atoms in total. The number of amides is 1. The molecule has 21 heavy (non-hydrogen) atoms. The smallest absolute Gasteiger partial charge is 0.239 e. The van der Waals surface area contributed by atoms with Gasteiger partial charge in [-0.25, -0.2) is 0 Å². The highest BCUT2D eigenvalue weighted by Gasteiger charge is 2.57. The zero-order valence-electron chi connectivity index (χ0n) is 13.3. The average molecular weight is 297 g/mol. The van der Waals surface area contributed by atoms with Gasteiger partial charge in [0.1, 0.15) is 0 Å². The minimum absolute atomic E-state index is 0.167. The van der Waals surface area contributed by atoms with E-state index >= 15 is 0 Å². The molecular weight excluding hydrogens is 270 g/mol. The number of hydrogen-bond donors (Lipinski definition) is 3. The van der Waals surface area contributed by atoms with Crippen LogP contribution in [-0.4, -0.2) is 36.1 Å². The van der Waals surface area contributed by atoms with E-state index < -0.39 is 40.9 Å². The van der Waals surface area contributed by atoms with Crippen molar-refractivity contribution in [3.8, 4) is 0 Å². The zero-order valence-corrected chi connectivity index (χ0v) is 13.3. The molecule has 1 heterocycles. The molecule has 120 valence electrons. The van der Waals surface area contributed by atoms with E-state index in [1.165, 1.54) is 0 Å². The summed E-state index contributed by atoms with van der Waals surface area (Å²) in [7, 11) is 0. The minimum Gasteiger partial charge on any atom is -0.368 e. The van der Waals surface area contributed by atoms with Crippen molar-refractivity contribution in [3.63, 3.8) is 0 Å². The maximum atomic E-state index is 12.9. The van der Waals surface area contributed by atoms with Crippen LogP contribution >= 0.6 is 0 Å². The lowest BCUT2D eigenvalue weighted by Crippen LogP contribution is -2.62. The largest absolute Gasteiger partial charge is 0.368 e. The molecule has 1 aliphatic heterocycles. The van der Waals surface area contributed by atoms with Crippen molar-refractivity contribution < 1.29 is 14.4 Å². The molecule has 5 N–H and O–H groups in total. The molecule has 0 bridgehead atoms. The Bertz CT molecular complexity index is 412. The molecule has 0 aromatic heterocycles. The third kappa shape index (κ3) is 3.01. The van der Waals surface area contributed by atoms with Crippen molar-refractivity contribution in [2.45, 2.75) is 52.6 Å². The van der Waals surface area contributed by atoms with Crippen LogP contribution in [0.5, 0.6) is 0 Å². The van der Waals surface area contributed by atoms with Gasteiger partial charge >= 0.3 is 0 Å². The van der Waals surface area contributed by atoms with Gasteiger partial charge in [0.15, 0.2) is 17.0 Å². The lowest BCUT2D eigenvalue weighted by atomic mass is 9.65. The van der Waals surface area contributed by atoms with Crippen LogP contribution in [0.25, 0.3) is 0 Å². The number of nitrogens with one attached hydrogen (secondary N) is 1. The van der Waals surface area contributed by atoms with Crippen molar-refractivity contribution >= 4 is 17.5 Å². The molecule has 0 spiro atoms. The van der Waals surface area contributed by atoms with Crippen LogP contribution in [0.3, 0.4) is 0 Å². The Labute approximate surface area is 126 Å². The lowest BCUT2D eigenvalue weighted by molar-refractivity contribution is -0.154. The predicted octanol–water partition coefficient (Wildman–Crippen LogP) is -0.0124. The van der Waals surface area contributed by atoms with Gasteiger partial charge in [-0.15, -0.1) is 0 Å². The predicted molar refractivity (Wildman–Crippen MR) is 80.3 cm³/mol. The Hall–Kier alpha value is -1.27. The van der Waals surface area contributed by atoms with Gasteiger partial charge in [0, 0.05) is 0 Å². The van der Waals surface area contributed by atoms with E-state index in [1.54, 1.807) is 27.7 Å². The number of Topliss-reactive ketones (excluding diaryl/α,β-unsaturated/α-hetero) is 2. The van der Waals surface area contributed by atoms with Crippen LogP contribution in [0, 0.1) is 17.3 Å². The fourth-order valence-electron chi connectivity index (χ4n) is 2.97. The van der Waals surface area contributed by atoms with Crippen LogP contribution in [-0.2, 0) is 14.4 Å². The first kappa shape index (κ1) is 17.8. The lowest BCUT2D eigenvalue weighted by Gasteiger charge is -2.36. The summed E-state index contributed by atoms with van der Waals surface area (Å²) in [5.41, 5.74) is 9.60. The average Bonchev–Trinajstić information content (AvgIpc) is 2.90. The Kier molecular flexibility index (Phi) is 5.64. The van der Waals surface area contributed by atoms with Gasteiger partial charge < -0.3 is 16.8 Å². The molecule has 0 aromatic rings. The second kappa shape index (κ2) is 6.66. The summed E-state index contributed by atoms with van der Waals surface area (Å²) in [6.45, 7) is 7.61. The van der Waals surface area contributed by atoms with Crippen LogP contribution in [0.1, 0.15) is 40.5 Å². The molecule has 1 amide bonds. The maximum Gasteiger partial charge on any atom is 0.239 e. The first-order chi connectivity index (χ1) is 9.67. The SMILES string of the molecule is CC(C)C(N)C(=O)C(C(N)=O)(C(=O)C1CCCN1)C(C)C. The van der Waals surface area contributed by atoms with Crippen LogP contribution in [0.4, 0.5) is 0 Å². The number of hydrogen-bond acceptors (Lipinski definition) is 5. The number of carbonyl (C=O) groups excluding carboxylic acids is 3. The first-order valence-corrected chi connectivity index (χ1v) is 7.54. The normalized spacial score (nSPS) is 23.1. The Morgan fingerprint density at radius 1 is 1.19 bits per heavy atom. The highest BCUT2D eigenvalue weighted by molar-refractivity contribution is 6.26. The third-order valence-corrected chi connectivity index (χ3v) is 4.43. The van der Waals surface area contributed by atoms with E-state index in [0.717, 1.165) is 6.42 Å². The van der Waals surface area contributed by atoms with Crippen molar-refractivity contribution in [1.82, 2.24) is 5.32 Å². The van der Waals surface area contributed by atoms with Crippen molar-refractivity contribution in [2.24, 2.45) is 28.7 Å². The molecule has 1 rings (SSSR count). The van der Waals surface area contributed by atoms with Crippen LogP contribution in [0.15, 0.2) is 0 Å². The Morgan fingerprint density at radius 3 is 2.10 bits per heavy atom. The summed E-state index contributed by atoms with van der Waals surface area (Å²) in [6.07, 6.45) is 1.46. The molecule has 0 saturated carbocycles. The second-order valence-electron chi connectivity index (χ2n) is 6.47. The number of nitrogens with two attached hydrogens (primary N) is 2. The van der Waals surface area contributed by atoms with Gasteiger partial charge in [-0.2, -0.15) is 0 Å². The standard InChI is InChI=1S/C15H27N3O3/c1-8(2)11(16)13(20)15(9(3)4,14(17)21)12(19)10-6-5-7-18-10/h8-11,18H,5-7,16H2,1-4H3,(H2,17,21). The van der Waals surface area contributed by atoms with Crippen LogP contribution < -0.4 is 16.8 Å². The summed E-state index contributed by atoms with van der Waals surface area (Å²) in [4.78, 5) is 37.8. The highest BCUT2D eigenvalue weighted by atomic mass is 16.2. The molecule has 1 fully saturated rings. The quantitative estimate of drug-likeness (QED) is 0.572. The fourth-order valence-corrected chi connectivity index (χ4v) is 2.97. The van der Waals surface area contributed by atoms with Crippen molar-refractivity contribution in [1.29, 1.82) is 0 Å². The molecule has 3 unspecified atom stereocenters. The molecule has 0 aliphatic carbocycles. The highest BCUT2D eigenvalue weighted by Crippen LogP contribution is 2.34. The number of rotatable bonds is 7. The van der Waals surface area contributed by atoms with E-state index in [2.05, 4.69) is 5.32 Å². The van der Waals surface area contributed by atoms with Gasteiger partial charge in [0.05, 0.1) is 12.1 Å². The summed E-state index contributed by atoms with van der Waals surface area (Å²) in [5, 5.41) is 3.04. The molecule has 1 saturated heterocycles. The third-order valence-electron chi connectivity index (χ3n) is 4.43. The maximum absolute atomic E-state index is 12.9. The van der Waals surface area contributed by atoms with E-state index in [-0.39, 0.29) is 5.92 Å². The molecule has 6 heteroatoms. The summed E-state index contributed by atoms with van der Waals surface area (Å²) < 4.78 is 0. The molecule has 0 aromatic carbocycles. The van der Waals surface area contributed by atoms with Crippen LogP contribution in [0.2, 0.25) is 0 Å². The van der Waals surface area contributed by atoms with Crippen molar-refractivity contribution in [3.05, 3.63) is 0 Å². The van der Waals surface area contributed by atoms with Gasteiger partial charge in [-0.3, -0.25) is 14.4 Å². The minimum atomic E-state index is -1.84. The topological polar surface area (TPSA) is 115 Å². The first-order valence-electron chi connectivity index (χ1n) is 7.54. The summed E-state index contributed by atoms with van der Waals surface area (Å²) in [5.74, 6) is -2.57. The number of carbonyl (C=O) groups is 3. The number of primary amides is 1. The molecule has 0 radical (unpaired) electrons. The van der Waals surface area contributed by atoms with E-state index in [4.69, 9.17) is 11.5 Å². The van der Waals surface area contributed by atoms with E-state index in [9.17, 15) is 14.4 Å². The molecular formula is C15H27N3O3. The summed E-state index contributed by atoms with van der Waals surface area (Å²) in [6, 6.07) is -1.38. The zero-order chi connectivity index (χ0) is 16.4. The van der Waals surface area contributed by atoms with E-state index in [0.29, 0.717) is 13.0 Å². The Morgan fingerprint density at radius 2 is 1.76 bits per heavy atom. The summed E-state index contributed by atoms with van der Waals surface area (Å²) >= 11 is 0.